The Morgan fingerprint density at radius 3 is 2.32 bits per heavy atom. The number of carbonyl (C=O) groups is 1. The number of methoxy groups -OCH3 is 1. The van der Waals surface area contributed by atoms with Crippen LogP contribution in [0.4, 0.5) is 0 Å². The number of ether oxygens (including phenoxy) is 2. The third-order valence-electron chi connectivity index (χ3n) is 3.29. The average molecular weight is 275 g/mol. The zero-order chi connectivity index (χ0) is 14.6. The van der Waals surface area contributed by atoms with Crippen LogP contribution in [0.1, 0.15) is 32.6 Å². The van der Waals surface area contributed by atoms with Crippen molar-refractivity contribution in [3.63, 3.8) is 0 Å². The highest BCUT2D eigenvalue weighted by Gasteiger charge is 2.24. The summed E-state index contributed by atoms with van der Waals surface area (Å²) in [7, 11) is 3.94. The van der Waals surface area contributed by atoms with Gasteiger partial charge >= 0.3 is 0 Å². The van der Waals surface area contributed by atoms with Gasteiger partial charge in [0.05, 0.1) is 46.5 Å². The first-order valence-electron chi connectivity index (χ1n) is 7.14. The van der Waals surface area contributed by atoms with Crippen molar-refractivity contribution in [1.82, 2.24) is 0 Å². The number of carbonyl (C=O) groups excluding carboxylic acids is 1. The minimum absolute atomic E-state index is 0.0519. The Morgan fingerprint density at radius 1 is 1.21 bits per heavy atom. The summed E-state index contributed by atoms with van der Waals surface area (Å²) < 4.78 is 10.8. The highest BCUT2D eigenvalue weighted by molar-refractivity contribution is 5.64. The molecule has 0 aromatic carbocycles. The van der Waals surface area contributed by atoms with E-state index in [0.29, 0.717) is 13.2 Å². The number of carboxylic acids is 1. The third kappa shape index (κ3) is 10.9. The van der Waals surface area contributed by atoms with E-state index in [1.807, 2.05) is 0 Å². The van der Waals surface area contributed by atoms with Gasteiger partial charge in [-0.15, -0.1) is 0 Å². The van der Waals surface area contributed by atoms with Crippen molar-refractivity contribution in [2.24, 2.45) is 0 Å². The van der Waals surface area contributed by atoms with Crippen molar-refractivity contribution in [2.45, 2.75) is 32.6 Å². The van der Waals surface area contributed by atoms with Gasteiger partial charge in [0.1, 0.15) is 0 Å². The van der Waals surface area contributed by atoms with Crippen LogP contribution < -0.4 is 5.11 Å². The summed E-state index contributed by atoms with van der Waals surface area (Å²) in [5.74, 6) is -1.09. The molecule has 5 heteroatoms. The van der Waals surface area contributed by atoms with E-state index in [2.05, 4.69) is 18.7 Å². The summed E-state index contributed by atoms with van der Waals surface area (Å²) in [6, 6.07) is 0. The third-order valence-corrected chi connectivity index (χ3v) is 3.29. The standard InChI is InChI=1S/C8H18N.C6H12O4/c1-3-6-9(2)7-4-5-8-9;1-9-4-5-10-3-2-6(7)8/h3-8H2,1-2H3;2-5H2,1H3,(H,7,8)/q+1;/p-1. The van der Waals surface area contributed by atoms with Gasteiger partial charge in [0.15, 0.2) is 0 Å². The molecule has 1 rings (SSSR count). The van der Waals surface area contributed by atoms with Crippen LogP contribution >= 0.6 is 0 Å². The van der Waals surface area contributed by atoms with Crippen LogP contribution in [-0.2, 0) is 14.3 Å². The summed E-state index contributed by atoms with van der Waals surface area (Å²) in [5.41, 5.74) is 0. The molecule has 5 nitrogen and oxygen atoms in total. The molecule has 0 aliphatic carbocycles. The molecule has 1 saturated heterocycles. The molecule has 0 amide bonds. The van der Waals surface area contributed by atoms with Crippen molar-refractivity contribution < 1.29 is 23.9 Å². The van der Waals surface area contributed by atoms with Gasteiger partial charge in [0.2, 0.25) is 0 Å². The summed E-state index contributed by atoms with van der Waals surface area (Å²) >= 11 is 0. The number of aliphatic carboxylic acids is 1. The summed E-state index contributed by atoms with van der Waals surface area (Å²) in [5, 5.41) is 9.81. The van der Waals surface area contributed by atoms with Gasteiger partial charge in [-0.05, 0) is 6.42 Å². The second-order valence-corrected chi connectivity index (χ2v) is 5.22. The van der Waals surface area contributed by atoms with Crippen LogP contribution in [0, 0.1) is 0 Å². The molecule has 0 saturated carbocycles. The van der Waals surface area contributed by atoms with Crippen LogP contribution in [0.3, 0.4) is 0 Å². The van der Waals surface area contributed by atoms with Crippen molar-refractivity contribution >= 4 is 5.97 Å². The summed E-state index contributed by atoms with van der Waals surface area (Å²) in [4.78, 5) is 9.81. The van der Waals surface area contributed by atoms with Crippen LogP contribution in [0.2, 0.25) is 0 Å². The molecular weight excluding hydrogens is 246 g/mol. The first-order valence-corrected chi connectivity index (χ1v) is 7.14. The predicted octanol–water partition coefficient (Wildman–Crippen LogP) is 0.426. The lowest BCUT2D eigenvalue weighted by Crippen LogP contribution is -2.41. The van der Waals surface area contributed by atoms with E-state index in [4.69, 9.17) is 4.74 Å². The molecule has 114 valence electrons. The number of quaternary nitrogens is 1. The number of hydrogen-bond donors (Lipinski definition) is 0. The van der Waals surface area contributed by atoms with Crippen LogP contribution in [0.15, 0.2) is 0 Å². The molecule has 1 aliphatic heterocycles. The Labute approximate surface area is 117 Å². The fourth-order valence-electron chi connectivity index (χ4n) is 2.26. The number of hydrogen-bond acceptors (Lipinski definition) is 4. The summed E-state index contributed by atoms with van der Waals surface area (Å²) in [6.45, 7) is 7.64. The fourth-order valence-corrected chi connectivity index (χ4v) is 2.26. The van der Waals surface area contributed by atoms with E-state index >= 15 is 0 Å². The monoisotopic (exact) mass is 275 g/mol. The van der Waals surface area contributed by atoms with E-state index in [1.54, 1.807) is 7.11 Å². The normalized spacial score (nSPS) is 16.8. The number of likely N-dealkylation sites (tertiary alicyclic amines) is 1. The van der Waals surface area contributed by atoms with Crippen molar-refractivity contribution in [3.05, 3.63) is 0 Å². The minimum atomic E-state index is -1.09. The molecule has 0 N–H and O–H groups in total. The maximum atomic E-state index is 9.81. The second-order valence-electron chi connectivity index (χ2n) is 5.22. The first-order chi connectivity index (χ1) is 9.04. The topological polar surface area (TPSA) is 58.6 Å². The number of rotatable bonds is 8. The van der Waals surface area contributed by atoms with Gasteiger partial charge in [-0.25, -0.2) is 0 Å². The minimum Gasteiger partial charge on any atom is -0.550 e. The van der Waals surface area contributed by atoms with E-state index in [1.165, 1.54) is 43.4 Å². The molecule has 0 bridgehead atoms. The molecular formula is C14H29NO4. The quantitative estimate of drug-likeness (QED) is 0.476. The molecule has 0 unspecified atom stereocenters. The SMILES string of the molecule is CCC[N+]1(C)CCCC1.COCCOCCC(=O)[O-]. The summed E-state index contributed by atoms with van der Waals surface area (Å²) in [6.07, 6.45) is 4.20. The van der Waals surface area contributed by atoms with Gasteiger partial charge in [-0.2, -0.15) is 0 Å². The van der Waals surface area contributed by atoms with Gasteiger partial charge in [-0.3, -0.25) is 0 Å². The van der Waals surface area contributed by atoms with E-state index in [-0.39, 0.29) is 13.0 Å². The molecule has 0 spiro atoms. The largest absolute Gasteiger partial charge is 0.550 e. The van der Waals surface area contributed by atoms with Crippen LogP contribution in [0.5, 0.6) is 0 Å². The number of carboxylic acid groups (broad SMARTS) is 1. The highest BCUT2D eigenvalue weighted by atomic mass is 16.5. The molecule has 1 aliphatic rings. The predicted molar refractivity (Wildman–Crippen MR) is 72.6 cm³/mol. The van der Waals surface area contributed by atoms with Gasteiger partial charge in [-0.1, -0.05) is 6.92 Å². The smallest absolute Gasteiger partial charge is 0.0786 e. The Morgan fingerprint density at radius 2 is 1.84 bits per heavy atom. The van der Waals surface area contributed by atoms with Crippen molar-refractivity contribution in [3.8, 4) is 0 Å². The van der Waals surface area contributed by atoms with E-state index < -0.39 is 5.97 Å². The lowest BCUT2D eigenvalue weighted by atomic mass is 10.4. The first kappa shape index (κ1) is 18.4. The average Bonchev–Trinajstić information content (AvgIpc) is 2.77. The lowest BCUT2D eigenvalue weighted by Gasteiger charge is -2.28. The van der Waals surface area contributed by atoms with Gasteiger partial charge < -0.3 is 23.9 Å². The van der Waals surface area contributed by atoms with E-state index in [9.17, 15) is 9.90 Å². The Bertz CT molecular complexity index is 227. The Balaban J connectivity index is 0.000000342. The zero-order valence-electron chi connectivity index (χ0n) is 12.7. The lowest BCUT2D eigenvalue weighted by molar-refractivity contribution is -0.897. The number of nitrogens with zero attached hydrogens (tertiary/aromatic N) is 1. The maximum Gasteiger partial charge on any atom is 0.0786 e. The van der Waals surface area contributed by atoms with Gasteiger partial charge in [0, 0.05) is 32.3 Å². The van der Waals surface area contributed by atoms with Crippen LogP contribution in [-0.4, -0.2) is 64.1 Å². The highest BCUT2D eigenvalue weighted by Crippen LogP contribution is 2.15. The molecule has 0 aromatic rings. The van der Waals surface area contributed by atoms with Crippen molar-refractivity contribution in [1.29, 1.82) is 0 Å². The maximum absolute atomic E-state index is 9.81. The van der Waals surface area contributed by atoms with Gasteiger partial charge in [0.25, 0.3) is 0 Å². The molecule has 1 fully saturated rings. The molecule has 19 heavy (non-hydrogen) atoms. The molecule has 0 radical (unpaired) electrons. The fraction of sp³-hybridized carbons (Fsp3) is 0.929. The van der Waals surface area contributed by atoms with Crippen molar-refractivity contribution in [2.75, 3.05) is 53.6 Å². The van der Waals surface area contributed by atoms with E-state index in [0.717, 1.165) is 0 Å². The Hall–Kier alpha value is -0.650. The molecule has 1 heterocycles. The second kappa shape index (κ2) is 11.2. The Kier molecular flexibility index (Phi) is 10.8. The zero-order valence-corrected chi connectivity index (χ0v) is 12.7. The molecule has 0 atom stereocenters. The van der Waals surface area contributed by atoms with Crippen LogP contribution in [0.25, 0.3) is 0 Å². The molecule has 0 aromatic heterocycles.